The highest BCUT2D eigenvalue weighted by atomic mass is 16.1. The third-order valence-electron chi connectivity index (χ3n) is 5.78. The van der Waals surface area contributed by atoms with E-state index in [4.69, 9.17) is 0 Å². The summed E-state index contributed by atoms with van der Waals surface area (Å²) < 4.78 is 3.22. The second kappa shape index (κ2) is 8.36. The van der Waals surface area contributed by atoms with Gasteiger partial charge in [0, 0.05) is 58.6 Å². The van der Waals surface area contributed by atoms with Gasteiger partial charge in [-0.05, 0) is 31.2 Å². The predicted molar refractivity (Wildman–Crippen MR) is 106 cm³/mol. The molecule has 0 aromatic carbocycles. The van der Waals surface area contributed by atoms with E-state index in [1.165, 1.54) is 12.6 Å². The fraction of sp³-hybridized carbons (Fsp3) is 0.600. The van der Waals surface area contributed by atoms with Crippen LogP contribution in [-0.2, 0) is 33.0 Å². The number of fused-ring (bicyclic) bond motifs is 1. The van der Waals surface area contributed by atoms with Crippen LogP contribution in [0.15, 0.2) is 28.0 Å². The van der Waals surface area contributed by atoms with Crippen molar-refractivity contribution in [1.82, 2.24) is 29.1 Å². The molecule has 0 N–H and O–H groups in total. The molecule has 0 atom stereocenters. The van der Waals surface area contributed by atoms with Crippen molar-refractivity contribution in [2.75, 3.05) is 32.7 Å². The van der Waals surface area contributed by atoms with Crippen LogP contribution in [0.25, 0.3) is 0 Å². The van der Waals surface area contributed by atoms with Gasteiger partial charge in [0.05, 0.1) is 24.1 Å². The van der Waals surface area contributed by atoms with Gasteiger partial charge in [0.1, 0.15) is 0 Å². The van der Waals surface area contributed by atoms with Crippen LogP contribution < -0.4 is 11.1 Å². The molecule has 3 heterocycles. The molecule has 150 valence electrons. The first-order valence-corrected chi connectivity index (χ1v) is 10.1. The minimum Gasteiger partial charge on any atom is -0.315 e. The van der Waals surface area contributed by atoms with E-state index >= 15 is 0 Å². The lowest BCUT2D eigenvalue weighted by Crippen LogP contribution is -2.47. The Balaban J connectivity index is 1.28. The van der Waals surface area contributed by atoms with E-state index in [1.807, 2.05) is 6.20 Å². The van der Waals surface area contributed by atoms with Crippen molar-refractivity contribution in [1.29, 1.82) is 0 Å². The van der Waals surface area contributed by atoms with Crippen molar-refractivity contribution in [3.63, 3.8) is 0 Å². The summed E-state index contributed by atoms with van der Waals surface area (Å²) >= 11 is 0. The molecule has 1 fully saturated rings. The number of piperazine rings is 1. The highest BCUT2D eigenvalue weighted by Crippen LogP contribution is 2.16. The van der Waals surface area contributed by atoms with E-state index in [1.54, 1.807) is 22.4 Å². The fourth-order valence-corrected chi connectivity index (χ4v) is 4.03. The van der Waals surface area contributed by atoms with E-state index in [0.717, 1.165) is 75.5 Å². The molecule has 0 bridgehead atoms. The molecule has 2 aromatic rings. The van der Waals surface area contributed by atoms with Gasteiger partial charge >= 0.3 is 0 Å². The van der Waals surface area contributed by atoms with Crippen molar-refractivity contribution >= 4 is 0 Å². The monoisotopic (exact) mass is 384 g/mol. The average molecular weight is 384 g/mol. The molecule has 0 amide bonds. The van der Waals surface area contributed by atoms with Gasteiger partial charge in [-0.3, -0.25) is 24.4 Å². The molecule has 2 aliphatic rings. The number of aromatic nitrogens is 4. The first-order chi connectivity index (χ1) is 13.6. The van der Waals surface area contributed by atoms with Gasteiger partial charge in [0.25, 0.3) is 11.1 Å². The van der Waals surface area contributed by atoms with Crippen LogP contribution in [0.4, 0.5) is 0 Å². The summed E-state index contributed by atoms with van der Waals surface area (Å²) in [6.07, 6.45) is 7.51. The lowest BCUT2D eigenvalue weighted by atomic mass is 9.97. The summed E-state index contributed by atoms with van der Waals surface area (Å²) in [5.74, 6) is 0. The number of aryl methyl sites for hydroxylation is 3. The Hall–Kier alpha value is -2.32. The molecule has 4 rings (SSSR count). The largest absolute Gasteiger partial charge is 0.315 e. The first kappa shape index (κ1) is 19.0. The van der Waals surface area contributed by atoms with Crippen molar-refractivity contribution < 1.29 is 0 Å². The Bertz CT molecular complexity index is 942. The van der Waals surface area contributed by atoms with Gasteiger partial charge in [-0.25, -0.2) is 4.68 Å². The molecule has 28 heavy (non-hydrogen) atoms. The Kier molecular flexibility index (Phi) is 5.68. The molecule has 2 aromatic heterocycles. The van der Waals surface area contributed by atoms with Gasteiger partial charge in [0.2, 0.25) is 0 Å². The second-order valence-electron chi connectivity index (χ2n) is 7.83. The van der Waals surface area contributed by atoms with Crippen LogP contribution in [0, 0.1) is 0 Å². The third-order valence-corrected chi connectivity index (χ3v) is 5.78. The molecule has 0 saturated carbocycles. The summed E-state index contributed by atoms with van der Waals surface area (Å²) in [4.78, 5) is 32.7. The van der Waals surface area contributed by atoms with Gasteiger partial charge in [-0.2, -0.15) is 5.10 Å². The second-order valence-corrected chi connectivity index (χ2v) is 7.83. The van der Waals surface area contributed by atoms with Gasteiger partial charge in [-0.1, -0.05) is 0 Å². The maximum absolute atomic E-state index is 12.3. The molecule has 1 aliphatic carbocycles. The minimum absolute atomic E-state index is 0.0278. The van der Waals surface area contributed by atoms with Crippen molar-refractivity contribution in [3.05, 3.63) is 56.1 Å². The SMILES string of the molecule is Cn1cc(CN2CCN(CCn3nc4c(cc3=O)CCCC4)CC2)ncc1=O. The lowest BCUT2D eigenvalue weighted by molar-refractivity contribution is 0.121. The summed E-state index contributed by atoms with van der Waals surface area (Å²) in [5.41, 5.74) is 3.12. The zero-order chi connectivity index (χ0) is 19.5. The lowest BCUT2D eigenvalue weighted by Gasteiger charge is -2.34. The number of rotatable bonds is 5. The van der Waals surface area contributed by atoms with Crippen molar-refractivity contribution in [3.8, 4) is 0 Å². The molecule has 1 aliphatic heterocycles. The van der Waals surface area contributed by atoms with E-state index < -0.39 is 0 Å². The fourth-order valence-electron chi connectivity index (χ4n) is 4.03. The van der Waals surface area contributed by atoms with Crippen LogP contribution in [0.1, 0.15) is 29.8 Å². The molecule has 0 unspecified atom stereocenters. The molecule has 0 spiro atoms. The van der Waals surface area contributed by atoms with Crippen molar-refractivity contribution in [2.24, 2.45) is 7.05 Å². The number of hydrogen-bond donors (Lipinski definition) is 0. The molecular weight excluding hydrogens is 356 g/mol. The molecule has 0 radical (unpaired) electrons. The van der Waals surface area contributed by atoms with Crippen LogP contribution in [0.5, 0.6) is 0 Å². The van der Waals surface area contributed by atoms with E-state index in [2.05, 4.69) is 19.9 Å². The quantitative estimate of drug-likeness (QED) is 0.724. The normalized spacial score (nSPS) is 18.2. The van der Waals surface area contributed by atoms with Gasteiger partial charge in [-0.15, -0.1) is 0 Å². The van der Waals surface area contributed by atoms with Crippen molar-refractivity contribution in [2.45, 2.75) is 38.8 Å². The molecule has 1 saturated heterocycles. The highest BCUT2D eigenvalue weighted by molar-refractivity contribution is 5.20. The van der Waals surface area contributed by atoms with Crippen LogP contribution in [0.2, 0.25) is 0 Å². The van der Waals surface area contributed by atoms with Crippen LogP contribution in [-0.4, -0.2) is 61.9 Å². The minimum atomic E-state index is -0.0837. The predicted octanol–water partition coefficient (Wildman–Crippen LogP) is 0.0336. The number of hydrogen-bond acceptors (Lipinski definition) is 6. The summed E-state index contributed by atoms with van der Waals surface area (Å²) in [6.45, 7) is 6.09. The third kappa shape index (κ3) is 4.39. The Morgan fingerprint density at radius 1 is 0.964 bits per heavy atom. The van der Waals surface area contributed by atoms with Gasteiger partial charge in [0.15, 0.2) is 0 Å². The Morgan fingerprint density at radius 2 is 1.71 bits per heavy atom. The highest BCUT2D eigenvalue weighted by Gasteiger charge is 2.18. The van der Waals surface area contributed by atoms with E-state index in [0.29, 0.717) is 6.54 Å². The van der Waals surface area contributed by atoms with E-state index in [9.17, 15) is 9.59 Å². The zero-order valence-corrected chi connectivity index (χ0v) is 16.5. The first-order valence-electron chi connectivity index (χ1n) is 10.1. The summed E-state index contributed by atoms with van der Waals surface area (Å²) in [5, 5.41) is 4.61. The standard InChI is InChI=1S/C20H28N6O2/c1-23-14-17(21-13-20(23)28)15-25-8-6-24(7-9-25)10-11-26-19(27)12-16-4-2-3-5-18(16)22-26/h12-14H,2-11,15H2,1H3. The zero-order valence-electron chi connectivity index (χ0n) is 16.5. The molecule has 8 nitrogen and oxygen atoms in total. The maximum Gasteiger partial charge on any atom is 0.268 e. The number of nitrogens with zero attached hydrogens (tertiary/aromatic N) is 6. The Morgan fingerprint density at radius 3 is 2.50 bits per heavy atom. The van der Waals surface area contributed by atoms with E-state index in [-0.39, 0.29) is 11.1 Å². The molecule has 8 heteroatoms. The van der Waals surface area contributed by atoms with Gasteiger partial charge < -0.3 is 4.57 Å². The smallest absolute Gasteiger partial charge is 0.268 e. The average Bonchev–Trinajstić information content (AvgIpc) is 2.70. The Labute approximate surface area is 164 Å². The summed E-state index contributed by atoms with van der Waals surface area (Å²) in [7, 11) is 1.75. The van der Waals surface area contributed by atoms with Crippen LogP contribution >= 0.6 is 0 Å². The summed E-state index contributed by atoms with van der Waals surface area (Å²) in [6, 6.07) is 1.79. The van der Waals surface area contributed by atoms with Crippen LogP contribution in [0.3, 0.4) is 0 Å². The topological polar surface area (TPSA) is 76.3 Å². The maximum atomic E-state index is 12.3. The molecular formula is C20H28N6O2.